The van der Waals surface area contributed by atoms with E-state index >= 15 is 0 Å². The van der Waals surface area contributed by atoms with Crippen LogP contribution in [0.2, 0.25) is 5.04 Å². The van der Waals surface area contributed by atoms with Crippen molar-refractivity contribution in [2.45, 2.75) is 51.2 Å². The van der Waals surface area contributed by atoms with Crippen LogP contribution in [-0.4, -0.2) is 26.1 Å². The van der Waals surface area contributed by atoms with Crippen LogP contribution in [0.15, 0.2) is 70.7 Å². The fourth-order valence-electron chi connectivity index (χ4n) is 4.09. The second-order valence-corrected chi connectivity index (χ2v) is 13.5. The van der Waals surface area contributed by atoms with Crippen molar-refractivity contribution < 1.29 is 9.53 Å². The fourth-order valence-corrected chi connectivity index (χ4v) is 9.18. The van der Waals surface area contributed by atoms with Crippen molar-refractivity contribution in [2.24, 2.45) is 0 Å². The van der Waals surface area contributed by atoms with Gasteiger partial charge in [-0.2, -0.15) is 0 Å². The third-order valence-corrected chi connectivity index (χ3v) is 11.5. The molecule has 2 aromatic rings. The fraction of sp³-hybridized carbons (Fsp3) is 0.391. The topological polar surface area (TPSA) is 29.5 Å². The molecular formula is C23H29BrO2Si. The number of rotatable bonds is 5. The summed E-state index contributed by atoms with van der Waals surface area (Å²) in [6.45, 7) is 7.43. The Bertz CT molecular complexity index is 742. The van der Waals surface area contributed by atoms with E-state index in [9.17, 15) is 5.11 Å². The minimum absolute atomic E-state index is 0.0317. The monoisotopic (exact) mass is 444 g/mol. The Balaban J connectivity index is 2.08. The lowest BCUT2D eigenvalue weighted by atomic mass is 9.98. The molecule has 0 saturated heterocycles. The number of benzene rings is 2. The zero-order valence-corrected chi connectivity index (χ0v) is 19.0. The highest BCUT2D eigenvalue weighted by molar-refractivity contribution is 9.11. The molecule has 0 radical (unpaired) electrons. The molecular weight excluding hydrogens is 416 g/mol. The van der Waals surface area contributed by atoms with Crippen molar-refractivity contribution in [3.8, 4) is 0 Å². The average Bonchev–Trinajstić information content (AvgIpc) is 2.66. The van der Waals surface area contributed by atoms with E-state index in [0.29, 0.717) is 6.61 Å². The highest BCUT2D eigenvalue weighted by Crippen LogP contribution is 2.38. The lowest BCUT2D eigenvalue weighted by Gasteiger charge is -2.43. The maximum atomic E-state index is 10.2. The lowest BCUT2D eigenvalue weighted by Crippen LogP contribution is -2.66. The van der Waals surface area contributed by atoms with Gasteiger partial charge < -0.3 is 9.53 Å². The molecule has 0 spiro atoms. The van der Waals surface area contributed by atoms with Crippen molar-refractivity contribution in [3.63, 3.8) is 0 Å². The van der Waals surface area contributed by atoms with Crippen molar-refractivity contribution >= 4 is 34.6 Å². The maximum Gasteiger partial charge on any atom is 0.261 e. The molecule has 0 heterocycles. The number of aliphatic hydroxyl groups is 1. The van der Waals surface area contributed by atoms with Gasteiger partial charge in [0, 0.05) is 4.48 Å². The molecule has 1 aliphatic rings. The number of halogens is 1. The van der Waals surface area contributed by atoms with Gasteiger partial charge >= 0.3 is 0 Å². The van der Waals surface area contributed by atoms with Gasteiger partial charge in [-0.05, 0) is 40.2 Å². The Kier molecular flexibility index (Phi) is 6.41. The van der Waals surface area contributed by atoms with Gasteiger partial charge in [0.15, 0.2) is 0 Å². The largest absolute Gasteiger partial charge is 0.403 e. The predicted molar refractivity (Wildman–Crippen MR) is 119 cm³/mol. The molecule has 0 bridgehead atoms. The Morgan fingerprint density at radius 2 is 1.52 bits per heavy atom. The Hall–Kier alpha value is -1.20. The quantitative estimate of drug-likeness (QED) is 0.673. The van der Waals surface area contributed by atoms with Crippen molar-refractivity contribution in [2.75, 3.05) is 6.61 Å². The van der Waals surface area contributed by atoms with Gasteiger partial charge in [-0.15, -0.1) is 0 Å². The second-order valence-electron chi connectivity index (χ2n) is 8.31. The Morgan fingerprint density at radius 1 is 1.00 bits per heavy atom. The molecule has 2 nitrogen and oxygen atoms in total. The zero-order valence-electron chi connectivity index (χ0n) is 16.4. The summed E-state index contributed by atoms with van der Waals surface area (Å²) in [4.78, 5) is 0. The average molecular weight is 445 g/mol. The summed E-state index contributed by atoms with van der Waals surface area (Å²) in [6, 6.07) is 21.4. The zero-order chi connectivity index (χ0) is 19.5. The number of hydrogen-bond donors (Lipinski definition) is 1. The van der Waals surface area contributed by atoms with Gasteiger partial charge in [-0.3, -0.25) is 0 Å². The van der Waals surface area contributed by atoms with E-state index < -0.39 is 14.4 Å². The van der Waals surface area contributed by atoms with Crippen LogP contribution in [0.1, 0.15) is 40.0 Å². The third-order valence-electron chi connectivity index (χ3n) is 5.47. The first-order valence-electron chi connectivity index (χ1n) is 9.67. The van der Waals surface area contributed by atoms with E-state index in [-0.39, 0.29) is 5.04 Å². The van der Waals surface area contributed by atoms with Crippen LogP contribution < -0.4 is 10.4 Å². The molecule has 1 atom stereocenters. The summed E-state index contributed by atoms with van der Waals surface area (Å²) in [6.07, 6.45) is 2.42. The highest BCUT2D eigenvalue weighted by Gasteiger charge is 2.50. The Labute approximate surface area is 172 Å². The van der Waals surface area contributed by atoms with E-state index in [4.69, 9.17) is 4.43 Å². The van der Waals surface area contributed by atoms with Gasteiger partial charge in [0.1, 0.15) is 0 Å². The molecule has 0 saturated carbocycles. The summed E-state index contributed by atoms with van der Waals surface area (Å²) in [7, 11) is -2.52. The molecule has 0 amide bonds. The molecule has 1 N–H and O–H groups in total. The molecule has 0 fully saturated rings. The molecule has 2 aromatic carbocycles. The lowest BCUT2D eigenvalue weighted by molar-refractivity contribution is 0.194. The molecule has 144 valence electrons. The first-order valence-corrected chi connectivity index (χ1v) is 12.4. The van der Waals surface area contributed by atoms with E-state index in [2.05, 4.69) is 97.4 Å². The highest BCUT2D eigenvalue weighted by atomic mass is 79.9. The first kappa shape index (κ1) is 20.5. The van der Waals surface area contributed by atoms with E-state index in [1.54, 1.807) is 0 Å². The van der Waals surface area contributed by atoms with E-state index in [1.165, 1.54) is 15.9 Å². The van der Waals surface area contributed by atoms with Crippen LogP contribution in [-0.2, 0) is 4.43 Å². The van der Waals surface area contributed by atoms with Gasteiger partial charge in [0.05, 0.1) is 12.7 Å². The summed E-state index contributed by atoms with van der Waals surface area (Å²) >= 11 is 3.62. The van der Waals surface area contributed by atoms with Gasteiger partial charge in [-0.25, -0.2) is 0 Å². The molecule has 4 heteroatoms. The minimum atomic E-state index is -2.52. The summed E-state index contributed by atoms with van der Waals surface area (Å²) in [5.41, 5.74) is 1.20. The second kappa shape index (κ2) is 8.44. The van der Waals surface area contributed by atoms with Gasteiger partial charge in [0.2, 0.25) is 0 Å². The van der Waals surface area contributed by atoms with Crippen molar-refractivity contribution in [1.82, 2.24) is 0 Å². The van der Waals surface area contributed by atoms with Crippen molar-refractivity contribution in [3.05, 3.63) is 70.7 Å². The molecule has 27 heavy (non-hydrogen) atoms. The minimum Gasteiger partial charge on any atom is -0.403 e. The SMILES string of the molecule is CC(C)(C)[Si](OCC1=C(Br)[C@H](O)CCC1)(c1ccccc1)c1ccccc1. The van der Waals surface area contributed by atoms with Crippen LogP contribution in [0.5, 0.6) is 0 Å². The summed E-state index contributed by atoms with van der Waals surface area (Å²) in [5, 5.41) is 12.8. The van der Waals surface area contributed by atoms with Crippen LogP contribution in [0, 0.1) is 0 Å². The normalized spacial score (nSPS) is 18.6. The maximum absolute atomic E-state index is 10.2. The Morgan fingerprint density at radius 3 is 2.00 bits per heavy atom. The molecule has 0 aliphatic heterocycles. The molecule has 3 rings (SSSR count). The predicted octanol–water partition coefficient (Wildman–Crippen LogP) is 4.76. The summed E-state index contributed by atoms with van der Waals surface area (Å²) < 4.78 is 7.89. The van der Waals surface area contributed by atoms with Gasteiger partial charge in [-0.1, -0.05) is 97.4 Å². The van der Waals surface area contributed by atoms with Crippen molar-refractivity contribution in [1.29, 1.82) is 0 Å². The molecule has 0 aromatic heterocycles. The van der Waals surface area contributed by atoms with Crippen LogP contribution in [0.25, 0.3) is 0 Å². The smallest absolute Gasteiger partial charge is 0.261 e. The van der Waals surface area contributed by atoms with Gasteiger partial charge in [0.25, 0.3) is 8.32 Å². The molecule has 0 unspecified atom stereocenters. The molecule has 1 aliphatic carbocycles. The third kappa shape index (κ3) is 4.14. The van der Waals surface area contributed by atoms with E-state index in [0.717, 1.165) is 23.7 Å². The number of hydrogen-bond acceptors (Lipinski definition) is 2. The standard InChI is InChI=1S/C23H29BrO2Si/c1-23(2,3)27(19-12-6-4-7-13-19,20-14-8-5-9-15-20)26-17-18-11-10-16-21(25)22(18)24/h4-9,12-15,21,25H,10-11,16-17H2,1-3H3/t21-/m1/s1. The summed E-state index contributed by atoms with van der Waals surface area (Å²) in [5.74, 6) is 0. The van der Waals surface area contributed by atoms with Crippen LogP contribution >= 0.6 is 15.9 Å². The van der Waals surface area contributed by atoms with Crippen LogP contribution in [0.3, 0.4) is 0 Å². The number of aliphatic hydroxyl groups excluding tert-OH is 1. The first-order chi connectivity index (χ1) is 12.9. The van der Waals surface area contributed by atoms with Crippen LogP contribution in [0.4, 0.5) is 0 Å². The van der Waals surface area contributed by atoms with E-state index in [1.807, 2.05) is 0 Å².